The van der Waals surface area contributed by atoms with Crippen molar-refractivity contribution in [2.75, 3.05) is 10.6 Å². The van der Waals surface area contributed by atoms with Crippen LogP contribution in [0.25, 0.3) is 22.5 Å². The zero-order chi connectivity index (χ0) is 40.7. The number of anilines is 4. The Morgan fingerprint density at radius 2 is 1.11 bits per heavy atom. The van der Waals surface area contributed by atoms with E-state index in [-0.39, 0.29) is 39.6 Å². The number of Topliss-reactive ketones (excluding diaryl/α,β-unsaturated/α-hetero) is 2. The van der Waals surface area contributed by atoms with Crippen LogP contribution < -0.4 is 21.8 Å². The Kier molecular flexibility index (Phi) is 12.9. The van der Waals surface area contributed by atoms with E-state index in [4.69, 9.17) is 28.3 Å². The van der Waals surface area contributed by atoms with Crippen LogP contribution in [0.15, 0.2) is 107 Å². The Labute approximate surface area is 330 Å². The van der Waals surface area contributed by atoms with Gasteiger partial charge in [-0.2, -0.15) is 10.2 Å². The summed E-state index contributed by atoms with van der Waals surface area (Å²) in [7, 11) is 0. The summed E-state index contributed by atoms with van der Waals surface area (Å²) >= 11 is 12.2. The van der Waals surface area contributed by atoms with Crippen molar-refractivity contribution in [3.05, 3.63) is 150 Å². The summed E-state index contributed by atoms with van der Waals surface area (Å²) in [6, 6.07) is 25.3. The first-order valence-corrected chi connectivity index (χ1v) is 17.9. The number of nitrogens with zero attached hydrogens (tertiary/aromatic N) is 4. The van der Waals surface area contributed by atoms with Crippen LogP contribution in [0.3, 0.4) is 0 Å². The molecule has 0 radical (unpaired) electrons. The monoisotopic (exact) mass is 796 g/mol. The predicted octanol–water partition coefficient (Wildman–Crippen LogP) is 8.90. The van der Waals surface area contributed by atoms with Crippen molar-refractivity contribution in [2.24, 2.45) is 0 Å². The van der Waals surface area contributed by atoms with E-state index < -0.39 is 22.9 Å². The number of nitrogens with one attached hydrogen (secondary N) is 2. The van der Waals surface area contributed by atoms with Crippen molar-refractivity contribution >= 4 is 63.5 Å². The molecular formula is C41H35Cl2FN6O6. The third-order valence-electron chi connectivity index (χ3n) is 8.31. The predicted molar refractivity (Wildman–Crippen MR) is 216 cm³/mol. The number of halogens is 3. The number of aromatic nitrogens is 4. The maximum Gasteiger partial charge on any atom is 0.335 e. The van der Waals surface area contributed by atoms with Crippen LogP contribution in [0, 0.1) is 5.82 Å². The fraction of sp³-hybridized carbons (Fsp3) is 0.146. The molecule has 0 aliphatic carbocycles. The van der Waals surface area contributed by atoms with Gasteiger partial charge >= 0.3 is 5.97 Å². The Balaban J connectivity index is 0.000000215. The lowest BCUT2D eigenvalue weighted by molar-refractivity contribution is 0.0696. The first-order chi connectivity index (χ1) is 26.7. The number of benzene rings is 4. The number of carboxylic acid groups (broad SMARTS) is 1. The van der Waals surface area contributed by atoms with E-state index in [2.05, 4.69) is 20.8 Å². The van der Waals surface area contributed by atoms with E-state index in [9.17, 15) is 28.4 Å². The van der Waals surface area contributed by atoms with E-state index in [1.165, 1.54) is 65.7 Å². The molecule has 0 saturated heterocycles. The largest absolute Gasteiger partial charge is 0.478 e. The number of ketones is 2. The maximum absolute atomic E-state index is 13.5. The van der Waals surface area contributed by atoms with Crippen LogP contribution in [-0.4, -0.2) is 42.2 Å². The molecule has 0 unspecified atom stereocenters. The molecular weight excluding hydrogens is 762 g/mol. The van der Waals surface area contributed by atoms with Crippen molar-refractivity contribution in [3.63, 3.8) is 0 Å². The number of aryl methyl sites for hydroxylation is 2. The van der Waals surface area contributed by atoms with E-state index in [1.54, 1.807) is 68.4 Å². The summed E-state index contributed by atoms with van der Waals surface area (Å²) in [6.07, 6.45) is 0. The zero-order valence-corrected chi connectivity index (χ0v) is 32.1. The fourth-order valence-electron chi connectivity index (χ4n) is 5.71. The molecule has 12 nitrogen and oxygen atoms in total. The molecule has 3 N–H and O–H groups in total. The van der Waals surface area contributed by atoms with E-state index in [1.807, 2.05) is 0 Å². The second kappa shape index (κ2) is 17.8. The number of hydrogen-bond donors (Lipinski definition) is 3. The number of rotatable bonds is 11. The second-order valence-electron chi connectivity index (χ2n) is 12.2. The van der Waals surface area contributed by atoms with E-state index in [0.717, 1.165) is 0 Å². The van der Waals surface area contributed by atoms with Gasteiger partial charge in [-0.1, -0.05) is 53.5 Å². The van der Waals surface area contributed by atoms with Crippen LogP contribution >= 0.6 is 23.2 Å². The smallest absolute Gasteiger partial charge is 0.335 e. The average molecular weight is 798 g/mol. The molecule has 6 rings (SSSR count). The second-order valence-corrected chi connectivity index (χ2v) is 13.1. The normalized spacial score (nSPS) is 10.6. The van der Waals surface area contributed by atoms with Gasteiger partial charge in [0, 0.05) is 45.6 Å². The lowest BCUT2D eigenvalue weighted by Gasteiger charge is -2.16. The van der Waals surface area contributed by atoms with Crippen LogP contribution in [0.5, 0.6) is 0 Å². The summed E-state index contributed by atoms with van der Waals surface area (Å²) in [6.45, 7) is 6.88. The highest BCUT2D eigenvalue weighted by molar-refractivity contribution is 6.31. The highest BCUT2D eigenvalue weighted by Crippen LogP contribution is 2.31. The minimum atomic E-state index is -1.05. The molecule has 286 valence electrons. The Hall–Kier alpha value is -6.44. The maximum atomic E-state index is 13.5. The molecule has 0 bridgehead atoms. The minimum absolute atomic E-state index is 0.0555. The summed E-state index contributed by atoms with van der Waals surface area (Å²) < 4.78 is 16.1. The standard InChI is InChI=1S/C21H18ClN3O4.C20H17ClFN3O2/c1-3-25-20(27)19(23-16-9-7-13(8-10-16)21(28)29)17(12(2)26)18(24-25)14-5-4-6-15(22)11-14;1-3-25-20(27)19(23-16-9-5-8-15(22)11-16)17(12(2)26)18(24-25)13-6-4-7-14(21)10-13/h4-11,23H,3H2,1-2H3,(H,28,29);4-11,23H,3H2,1-2H3. The molecule has 0 aliphatic heterocycles. The number of carbonyl (C=O) groups excluding carboxylic acids is 2. The van der Waals surface area contributed by atoms with Gasteiger partial charge in [0.05, 0.1) is 16.7 Å². The summed E-state index contributed by atoms with van der Waals surface area (Å²) in [5.74, 6) is -2.18. The van der Waals surface area contributed by atoms with Crippen molar-refractivity contribution in [3.8, 4) is 22.5 Å². The van der Waals surface area contributed by atoms with Crippen LogP contribution in [-0.2, 0) is 13.1 Å². The molecule has 0 fully saturated rings. The summed E-state index contributed by atoms with van der Waals surface area (Å²) in [5.41, 5.74) is 2.34. The van der Waals surface area contributed by atoms with Crippen molar-refractivity contribution < 1.29 is 23.9 Å². The first-order valence-electron chi connectivity index (χ1n) is 17.2. The van der Waals surface area contributed by atoms with Gasteiger partial charge in [0.25, 0.3) is 11.1 Å². The van der Waals surface area contributed by atoms with Crippen molar-refractivity contribution in [1.82, 2.24) is 19.6 Å². The molecule has 0 amide bonds. The highest BCUT2D eigenvalue weighted by Gasteiger charge is 2.24. The third kappa shape index (κ3) is 9.25. The van der Waals surface area contributed by atoms with Gasteiger partial charge in [-0.05, 0) is 94.4 Å². The van der Waals surface area contributed by atoms with Crippen LogP contribution in [0.2, 0.25) is 10.0 Å². The zero-order valence-electron chi connectivity index (χ0n) is 30.6. The van der Waals surface area contributed by atoms with Gasteiger partial charge < -0.3 is 15.7 Å². The molecule has 2 heterocycles. The van der Waals surface area contributed by atoms with Gasteiger partial charge in [0.1, 0.15) is 28.6 Å². The van der Waals surface area contributed by atoms with Gasteiger partial charge in [-0.15, -0.1) is 0 Å². The van der Waals surface area contributed by atoms with E-state index >= 15 is 0 Å². The Morgan fingerprint density at radius 1 is 0.661 bits per heavy atom. The quantitative estimate of drug-likeness (QED) is 0.108. The molecule has 0 spiro atoms. The lowest BCUT2D eigenvalue weighted by atomic mass is 10.0. The van der Waals surface area contributed by atoms with Crippen LogP contribution in [0.1, 0.15) is 58.8 Å². The number of hydrogen-bond acceptors (Lipinski definition) is 9. The lowest BCUT2D eigenvalue weighted by Crippen LogP contribution is -2.28. The molecule has 0 atom stereocenters. The Morgan fingerprint density at radius 3 is 1.50 bits per heavy atom. The number of aromatic carboxylic acids is 1. The topological polar surface area (TPSA) is 165 Å². The number of carbonyl (C=O) groups is 3. The van der Waals surface area contributed by atoms with Gasteiger partial charge in [-0.3, -0.25) is 19.2 Å². The van der Waals surface area contributed by atoms with Crippen molar-refractivity contribution in [1.29, 1.82) is 0 Å². The molecule has 56 heavy (non-hydrogen) atoms. The third-order valence-corrected chi connectivity index (χ3v) is 8.78. The van der Waals surface area contributed by atoms with Crippen LogP contribution in [0.4, 0.5) is 27.1 Å². The molecule has 6 aromatic rings. The highest BCUT2D eigenvalue weighted by atomic mass is 35.5. The SMILES string of the molecule is CCn1nc(-c2cccc(Cl)c2)c(C(C)=O)c(Nc2ccc(C(=O)O)cc2)c1=O.CCn1nc(-c2cccc(Cl)c2)c(C(C)=O)c(Nc2cccc(F)c2)c1=O. The fourth-order valence-corrected chi connectivity index (χ4v) is 6.09. The average Bonchev–Trinajstić information content (AvgIpc) is 3.16. The first kappa shape index (κ1) is 40.7. The number of carboxylic acids is 1. The molecule has 2 aromatic heterocycles. The summed E-state index contributed by atoms with van der Waals surface area (Å²) in [4.78, 5) is 61.7. The summed E-state index contributed by atoms with van der Waals surface area (Å²) in [5, 5.41) is 24.6. The molecule has 0 aliphatic rings. The minimum Gasteiger partial charge on any atom is -0.478 e. The molecule has 15 heteroatoms. The van der Waals surface area contributed by atoms with Gasteiger partial charge in [0.15, 0.2) is 11.6 Å². The Bertz CT molecular complexity index is 2590. The van der Waals surface area contributed by atoms with Gasteiger partial charge in [0.2, 0.25) is 0 Å². The van der Waals surface area contributed by atoms with Gasteiger partial charge in [-0.25, -0.2) is 18.5 Å². The van der Waals surface area contributed by atoms with E-state index in [0.29, 0.717) is 57.0 Å². The molecule has 4 aromatic carbocycles. The van der Waals surface area contributed by atoms with Crippen molar-refractivity contribution in [2.45, 2.75) is 40.8 Å². The molecule has 0 saturated carbocycles.